The van der Waals surface area contributed by atoms with Crippen LogP contribution >= 0.6 is 0 Å². The van der Waals surface area contributed by atoms with Gasteiger partial charge in [-0.1, -0.05) is 20.8 Å². The van der Waals surface area contributed by atoms with E-state index in [0.29, 0.717) is 12.5 Å². The average molecular weight is 264 g/mol. The van der Waals surface area contributed by atoms with Gasteiger partial charge in [-0.05, 0) is 39.2 Å². The molecule has 0 amide bonds. The van der Waals surface area contributed by atoms with Crippen LogP contribution in [-0.2, 0) is 10.0 Å². The largest absolute Gasteiger partial charge is 0.316 e. The van der Waals surface area contributed by atoms with Crippen molar-refractivity contribution in [3.8, 4) is 0 Å². The summed E-state index contributed by atoms with van der Waals surface area (Å²) >= 11 is 0. The second-order valence-electron chi connectivity index (χ2n) is 5.15. The Kier molecular flexibility index (Phi) is 8.00. The number of hydrogen-bond acceptors (Lipinski definition) is 3. The van der Waals surface area contributed by atoms with Crippen LogP contribution in [-0.4, -0.2) is 32.8 Å². The molecule has 0 saturated carbocycles. The van der Waals surface area contributed by atoms with Gasteiger partial charge in [-0.25, -0.2) is 13.1 Å². The fraction of sp³-hybridized carbons (Fsp3) is 1.00. The number of sulfonamides is 1. The lowest BCUT2D eigenvalue weighted by molar-refractivity contribution is 0.481. The maximum Gasteiger partial charge on any atom is 0.215 e. The maximum atomic E-state index is 11.9. The van der Waals surface area contributed by atoms with Crippen molar-refractivity contribution < 1.29 is 8.42 Å². The van der Waals surface area contributed by atoms with Gasteiger partial charge in [-0.2, -0.15) is 0 Å². The quantitative estimate of drug-likeness (QED) is 0.667. The van der Waals surface area contributed by atoms with Gasteiger partial charge in [0.1, 0.15) is 0 Å². The second-order valence-corrected chi connectivity index (χ2v) is 7.28. The summed E-state index contributed by atoms with van der Waals surface area (Å²) in [5.74, 6) is 0.612. The zero-order chi connectivity index (χ0) is 13.5. The molecule has 0 radical (unpaired) electrons. The lowest BCUT2D eigenvalue weighted by atomic mass is 10.1. The Morgan fingerprint density at radius 3 is 2.12 bits per heavy atom. The third kappa shape index (κ3) is 7.73. The van der Waals surface area contributed by atoms with Crippen LogP contribution in [0.5, 0.6) is 0 Å². The molecule has 104 valence electrons. The van der Waals surface area contributed by atoms with E-state index in [9.17, 15) is 8.42 Å². The van der Waals surface area contributed by atoms with Crippen molar-refractivity contribution in [2.45, 2.75) is 58.8 Å². The van der Waals surface area contributed by atoms with Gasteiger partial charge in [0, 0.05) is 12.6 Å². The third-order valence-corrected chi connectivity index (χ3v) is 4.71. The molecular formula is C12H28N2O2S. The maximum absolute atomic E-state index is 11.9. The highest BCUT2D eigenvalue weighted by molar-refractivity contribution is 7.90. The van der Waals surface area contributed by atoms with E-state index in [1.807, 2.05) is 13.8 Å². The monoisotopic (exact) mass is 264 g/mol. The van der Waals surface area contributed by atoms with Gasteiger partial charge in [-0.3, -0.25) is 0 Å². The van der Waals surface area contributed by atoms with Crippen molar-refractivity contribution in [1.29, 1.82) is 0 Å². The summed E-state index contributed by atoms with van der Waals surface area (Å²) < 4.78 is 26.6. The highest BCUT2D eigenvalue weighted by atomic mass is 32.2. The van der Waals surface area contributed by atoms with Gasteiger partial charge in [0.2, 0.25) is 10.0 Å². The molecule has 4 nitrogen and oxygen atoms in total. The molecular weight excluding hydrogens is 236 g/mol. The Bertz CT molecular complexity index is 289. The fourth-order valence-electron chi connectivity index (χ4n) is 1.50. The van der Waals surface area contributed by atoms with Crippen LogP contribution in [0.4, 0.5) is 0 Å². The molecule has 2 atom stereocenters. The molecule has 17 heavy (non-hydrogen) atoms. The molecule has 0 aromatic heterocycles. The molecule has 2 N–H and O–H groups in total. The van der Waals surface area contributed by atoms with Gasteiger partial charge >= 0.3 is 0 Å². The third-order valence-electron chi connectivity index (χ3n) is 2.75. The number of hydrogen-bond donors (Lipinski definition) is 2. The van der Waals surface area contributed by atoms with Crippen LogP contribution < -0.4 is 10.0 Å². The van der Waals surface area contributed by atoms with Gasteiger partial charge in [0.05, 0.1) is 5.25 Å². The van der Waals surface area contributed by atoms with Crippen LogP contribution in [0.15, 0.2) is 0 Å². The summed E-state index contributed by atoms with van der Waals surface area (Å²) in [7, 11) is -3.19. The molecule has 0 saturated heterocycles. The molecule has 5 heteroatoms. The molecule has 0 bridgehead atoms. The molecule has 0 spiro atoms. The smallest absolute Gasteiger partial charge is 0.215 e. The molecule has 0 fully saturated rings. The minimum atomic E-state index is -3.19. The predicted molar refractivity (Wildman–Crippen MR) is 73.6 cm³/mol. The Morgan fingerprint density at radius 1 is 1.06 bits per heavy atom. The Labute approximate surface area is 107 Å². The summed E-state index contributed by atoms with van der Waals surface area (Å²) in [4.78, 5) is 0. The van der Waals surface area contributed by atoms with Crippen molar-refractivity contribution in [2.24, 2.45) is 5.92 Å². The highest BCUT2D eigenvalue weighted by Crippen LogP contribution is 2.08. The van der Waals surface area contributed by atoms with Gasteiger partial charge in [-0.15, -0.1) is 0 Å². The Hall–Kier alpha value is -0.130. The van der Waals surface area contributed by atoms with E-state index >= 15 is 0 Å². The Morgan fingerprint density at radius 2 is 1.65 bits per heavy atom. The van der Waals surface area contributed by atoms with Crippen molar-refractivity contribution >= 4 is 10.0 Å². The van der Waals surface area contributed by atoms with Crippen LogP contribution in [0.2, 0.25) is 0 Å². The van der Waals surface area contributed by atoms with E-state index in [4.69, 9.17) is 0 Å². The van der Waals surface area contributed by atoms with Gasteiger partial charge in [0.15, 0.2) is 0 Å². The molecule has 0 aliphatic rings. The van der Waals surface area contributed by atoms with E-state index < -0.39 is 10.0 Å². The molecule has 0 heterocycles. The zero-order valence-electron chi connectivity index (χ0n) is 11.8. The molecule has 0 aromatic rings. The van der Waals surface area contributed by atoms with E-state index in [0.717, 1.165) is 19.4 Å². The summed E-state index contributed by atoms with van der Waals surface area (Å²) in [5.41, 5.74) is 0. The van der Waals surface area contributed by atoms with Crippen LogP contribution in [0.25, 0.3) is 0 Å². The van der Waals surface area contributed by atoms with E-state index in [-0.39, 0.29) is 11.3 Å². The summed E-state index contributed by atoms with van der Waals surface area (Å²) in [6, 6.07) is 0.0199. The zero-order valence-corrected chi connectivity index (χ0v) is 12.6. The minimum absolute atomic E-state index is 0.0199. The highest BCUT2D eigenvalue weighted by Gasteiger charge is 2.22. The van der Waals surface area contributed by atoms with Crippen molar-refractivity contribution in [2.75, 3.05) is 13.1 Å². The normalized spacial score (nSPS) is 16.1. The van der Waals surface area contributed by atoms with Gasteiger partial charge < -0.3 is 5.32 Å². The first kappa shape index (κ1) is 16.9. The SMILES string of the molecule is CCNCC(C)S(=O)(=O)NC(C)CCC(C)C. The van der Waals surface area contributed by atoms with E-state index in [1.165, 1.54) is 0 Å². The standard InChI is InChI=1S/C12H28N2O2S/c1-6-13-9-12(5)17(15,16)14-11(4)8-7-10(2)3/h10-14H,6-9H2,1-5H3. The second kappa shape index (κ2) is 8.06. The molecule has 2 unspecified atom stereocenters. The number of rotatable bonds is 9. The van der Waals surface area contributed by atoms with Crippen LogP contribution in [0, 0.1) is 5.92 Å². The lowest BCUT2D eigenvalue weighted by Crippen LogP contribution is -2.42. The summed E-state index contributed by atoms with van der Waals surface area (Å²) in [5, 5.41) is 2.67. The molecule has 0 aliphatic heterocycles. The summed E-state index contributed by atoms with van der Waals surface area (Å²) in [6.45, 7) is 11.2. The fourth-order valence-corrected chi connectivity index (χ4v) is 2.74. The minimum Gasteiger partial charge on any atom is -0.316 e. The molecule has 0 aliphatic carbocycles. The first-order chi connectivity index (χ1) is 7.79. The number of nitrogens with one attached hydrogen (secondary N) is 2. The van der Waals surface area contributed by atoms with Crippen molar-refractivity contribution in [3.05, 3.63) is 0 Å². The topological polar surface area (TPSA) is 58.2 Å². The van der Waals surface area contributed by atoms with E-state index in [1.54, 1.807) is 6.92 Å². The van der Waals surface area contributed by atoms with Crippen molar-refractivity contribution in [1.82, 2.24) is 10.0 Å². The van der Waals surface area contributed by atoms with Crippen LogP contribution in [0.1, 0.15) is 47.5 Å². The summed E-state index contributed by atoms with van der Waals surface area (Å²) in [6.07, 6.45) is 1.94. The molecule has 0 aromatic carbocycles. The van der Waals surface area contributed by atoms with E-state index in [2.05, 4.69) is 23.9 Å². The predicted octanol–water partition coefficient (Wildman–Crippen LogP) is 1.73. The molecule has 0 rings (SSSR count). The first-order valence-electron chi connectivity index (χ1n) is 6.51. The average Bonchev–Trinajstić information content (AvgIpc) is 2.22. The lowest BCUT2D eigenvalue weighted by Gasteiger charge is -2.19. The first-order valence-corrected chi connectivity index (χ1v) is 8.06. The van der Waals surface area contributed by atoms with Crippen molar-refractivity contribution in [3.63, 3.8) is 0 Å². The van der Waals surface area contributed by atoms with Crippen LogP contribution in [0.3, 0.4) is 0 Å². The Balaban J connectivity index is 4.14. The van der Waals surface area contributed by atoms with Gasteiger partial charge in [0.25, 0.3) is 0 Å².